The third-order valence-electron chi connectivity index (χ3n) is 3.04. The van der Waals surface area contributed by atoms with Gasteiger partial charge < -0.3 is 10.6 Å². The standard InChI is InChI=1S/C13H22N6S/c1-4-6-14-13-17-11(16-9(5-2)8-20-3)10-7-15-19-12(10)18-13/h7,9H,4-6,8H2,1-3H3,(H3,14,15,16,17,18,19). The summed E-state index contributed by atoms with van der Waals surface area (Å²) >= 11 is 1.83. The molecule has 20 heavy (non-hydrogen) atoms. The molecule has 0 saturated carbocycles. The van der Waals surface area contributed by atoms with Crippen LogP contribution < -0.4 is 10.6 Å². The van der Waals surface area contributed by atoms with Crippen LogP contribution in [0.3, 0.4) is 0 Å². The lowest BCUT2D eigenvalue weighted by Gasteiger charge is -2.17. The van der Waals surface area contributed by atoms with Crippen molar-refractivity contribution < 1.29 is 0 Å². The van der Waals surface area contributed by atoms with Crippen molar-refractivity contribution in [1.29, 1.82) is 0 Å². The molecule has 0 aliphatic rings. The van der Waals surface area contributed by atoms with E-state index in [9.17, 15) is 0 Å². The van der Waals surface area contributed by atoms with Crippen LogP contribution in [-0.2, 0) is 0 Å². The number of thioether (sulfide) groups is 1. The van der Waals surface area contributed by atoms with Gasteiger partial charge in [-0.15, -0.1) is 0 Å². The Balaban J connectivity index is 2.26. The first kappa shape index (κ1) is 14.9. The van der Waals surface area contributed by atoms with Crippen LogP contribution in [0.25, 0.3) is 11.0 Å². The second-order valence-corrected chi connectivity index (χ2v) is 5.57. The van der Waals surface area contributed by atoms with E-state index in [1.807, 2.05) is 11.8 Å². The molecule has 0 aliphatic heterocycles. The smallest absolute Gasteiger partial charge is 0.226 e. The van der Waals surface area contributed by atoms with Gasteiger partial charge in [0, 0.05) is 18.3 Å². The Labute approximate surface area is 123 Å². The lowest BCUT2D eigenvalue weighted by Crippen LogP contribution is -2.22. The molecule has 0 fully saturated rings. The monoisotopic (exact) mass is 294 g/mol. The molecule has 1 unspecified atom stereocenters. The van der Waals surface area contributed by atoms with E-state index in [4.69, 9.17) is 0 Å². The quantitative estimate of drug-likeness (QED) is 0.695. The summed E-state index contributed by atoms with van der Waals surface area (Å²) in [5.41, 5.74) is 0.764. The summed E-state index contributed by atoms with van der Waals surface area (Å²) in [6.45, 7) is 5.16. The average molecular weight is 294 g/mol. The van der Waals surface area contributed by atoms with Crippen LogP contribution in [0.15, 0.2) is 6.20 Å². The first-order valence-corrected chi connectivity index (χ1v) is 8.38. The van der Waals surface area contributed by atoms with Gasteiger partial charge in [-0.05, 0) is 19.1 Å². The molecule has 6 nitrogen and oxygen atoms in total. The van der Waals surface area contributed by atoms with Crippen molar-refractivity contribution in [2.75, 3.05) is 29.2 Å². The van der Waals surface area contributed by atoms with Crippen LogP contribution in [0.4, 0.5) is 11.8 Å². The number of fused-ring (bicyclic) bond motifs is 1. The number of nitrogens with zero attached hydrogens (tertiary/aromatic N) is 3. The minimum atomic E-state index is 0.400. The zero-order valence-corrected chi connectivity index (χ0v) is 13.0. The van der Waals surface area contributed by atoms with Crippen LogP contribution in [0.1, 0.15) is 26.7 Å². The molecular weight excluding hydrogens is 272 g/mol. The fourth-order valence-electron chi connectivity index (χ4n) is 1.92. The molecule has 1 atom stereocenters. The molecular formula is C13H22N6S. The van der Waals surface area contributed by atoms with E-state index in [1.165, 1.54) is 0 Å². The van der Waals surface area contributed by atoms with E-state index in [0.29, 0.717) is 12.0 Å². The number of aromatic nitrogens is 4. The number of nitrogens with one attached hydrogen (secondary N) is 3. The summed E-state index contributed by atoms with van der Waals surface area (Å²) < 4.78 is 0. The Morgan fingerprint density at radius 1 is 1.35 bits per heavy atom. The molecule has 2 aromatic heterocycles. The Kier molecular flexibility index (Phi) is 5.46. The van der Waals surface area contributed by atoms with Crippen LogP contribution in [0, 0.1) is 0 Å². The Morgan fingerprint density at radius 2 is 2.20 bits per heavy atom. The van der Waals surface area contributed by atoms with Crippen LogP contribution >= 0.6 is 11.8 Å². The van der Waals surface area contributed by atoms with Crippen LogP contribution in [0.2, 0.25) is 0 Å². The Bertz CT molecular complexity index is 541. The molecule has 0 amide bonds. The van der Waals surface area contributed by atoms with Crippen molar-refractivity contribution in [2.24, 2.45) is 0 Å². The highest BCUT2D eigenvalue weighted by molar-refractivity contribution is 7.98. The topological polar surface area (TPSA) is 78.5 Å². The summed E-state index contributed by atoms with van der Waals surface area (Å²) in [5, 5.41) is 14.6. The summed E-state index contributed by atoms with van der Waals surface area (Å²) in [7, 11) is 0. The van der Waals surface area contributed by atoms with E-state index < -0.39 is 0 Å². The zero-order chi connectivity index (χ0) is 14.4. The SMILES string of the molecule is CCCNc1nc(NC(CC)CSC)c2cn[nH]c2n1. The molecule has 0 aliphatic carbocycles. The number of aromatic amines is 1. The van der Waals surface area contributed by atoms with Gasteiger partial charge in [0.05, 0.1) is 11.6 Å². The number of H-pyrrole nitrogens is 1. The van der Waals surface area contributed by atoms with Gasteiger partial charge in [0.25, 0.3) is 0 Å². The normalized spacial score (nSPS) is 12.6. The van der Waals surface area contributed by atoms with Gasteiger partial charge in [-0.3, -0.25) is 5.10 Å². The predicted molar refractivity (Wildman–Crippen MR) is 86.5 cm³/mol. The molecule has 110 valence electrons. The summed E-state index contributed by atoms with van der Waals surface area (Å²) in [5.74, 6) is 2.55. The van der Waals surface area contributed by atoms with Crippen molar-refractivity contribution >= 4 is 34.6 Å². The Morgan fingerprint density at radius 3 is 2.90 bits per heavy atom. The summed E-state index contributed by atoms with van der Waals surface area (Å²) in [4.78, 5) is 9.01. The fourth-order valence-corrected chi connectivity index (χ4v) is 2.64. The summed E-state index contributed by atoms with van der Waals surface area (Å²) in [6, 6.07) is 0.400. The fraction of sp³-hybridized carbons (Fsp3) is 0.615. The lowest BCUT2D eigenvalue weighted by molar-refractivity contribution is 0.771. The molecule has 7 heteroatoms. The molecule has 0 saturated heterocycles. The van der Waals surface area contributed by atoms with Gasteiger partial charge in [0.15, 0.2) is 5.65 Å². The van der Waals surface area contributed by atoms with Crippen molar-refractivity contribution in [3.63, 3.8) is 0 Å². The van der Waals surface area contributed by atoms with Gasteiger partial charge >= 0.3 is 0 Å². The van der Waals surface area contributed by atoms with E-state index >= 15 is 0 Å². The minimum Gasteiger partial charge on any atom is -0.366 e. The number of rotatable bonds is 8. The molecule has 2 heterocycles. The Hall–Kier alpha value is -1.50. The highest BCUT2D eigenvalue weighted by Crippen LogP contribution is 2.21. The van der Waals surface area contributed by atoms with Crippen LogP contribution in [-0.4, -0.2) is 44.8 Å². The number of anilines is 2. The van der Waals surface area contributed by atoms with Gasteiger partial charge in [0.2, 0.25) is 5.95 Å². The van der Waals surface area contributed by atoms with Crippen molar-refractivity contribution in [2.45, 2.75) is 32.7 Å². The van der Waals surface area contributed by atoms with Gasteiger partial charge in [-0.1, -0.05) is 13.8 Å². The third kappa shape index (κ3) is 3.53. The van der Waals surface area contributed by atoms with Gasteiger partial charge in [-0.2, -0.15) is 26.8 Å². The molecule has 0 aromatic carbocycles. The first-order chi connectivity index (χ1) is 9.78. The highest BCUT2D eigenvalue weighted by Gasteiger charge is 2.13. The number of hydrogen-bond donors (Lipinski definition) is 3. The first-order valence-electron chi connectivity index (χ1n) is 6.98. The maximum absolute atomic E-state index is 4.58. The second kappa shape index (κ2) is 7.33. The molecule has 2 rings (SSSR count). The predicted octanol–water partition coefficient (Wildman–Crippen LogP) is 2.73. The number of hydrogen-bond acceptors (Lipinski definition) is 6. The summed E-state index contributed by atoms with van der Waals surface area (Å²) in [6.07, 6.45) is 5.98. The molecule has 0 spiro atoms. The average Bonchev–Trinajstić information content (AvgIpc) is 2.93. The molecule has 2 aromatic rings. The lowest BCUT2D eigenvalue weighted by atomic mass is 10.2. The second-order valence-electron chi connectivity index (χ2n) is 4.66. The molecule has 0 bridgehead atoms. The van der Waals surface area contributed by atoms with Gasteiger partial charge in [0.1, 0.15) is 5.82 Å². The zero-order valence-electron chi connectivity index (χ0n) is 12.2. The van der Waals surface area contributed by atoms with Gasteiger partial charge in [-0.25, -0.2) is 0 Å². The van der Waals surface area contributed by atoms with E-state index in [0.717, 1.165) is 42.0 Å². The molecule has 3 N–H and O–H groups in total. The van der Waals surface area contributed by atoms with E-state index in [-0.39, 0.29) is 0 Å². The van der Waals surface area contributed by atoms with E-state index in [2.05, 4.69) is 50.9 Å². The largest absolute Gasteiger partial charge is 0.366 e. The molecule has 0 radical (unpaired) electrons. The highest BCUT2D eigenvalue weighted by atomic mass is 32.2. The van der Waals surface area contributed by atoms with Crippen molar-refractivity contribution in [3.8, 4) is 0 Å². The van der Waals surface area contributed by atoms with Crippen LogP contribution in [0.5, 0.6) is 0 Å². The maximum Gasteiger partial charge on any atom is 0.226 e. The van der Waals surface area contributed by atoms with Crippen molar-refractivity contribution in [1.82, 2.24) is 20.2 Å². The van der Waals surface area contributed by atoms with Crippen molar-refractivity contribution in [3.05, 3.63) is 6.20 Å². The maximum atomic E-state index is 4.58. The minimum absolute atomic E-state index is 0.400. The third-order valence-corrected chi connectivity index (χ3v) is 3.78. The van der Waals surface area contributed by atoms with E-state index in [1.54, 1.807) is 6.20 Å².